The van der Waals surface area contributed by atoms with Crippen molar-refractivity contribution in [3.8, 4) is 11.5 Å². The predicted molar refractivity (Wildman–Crippen MR) is 113 cm³/mol. The maximum Gasteiger partial charge on any atom is 0.255 e. The summed E-state index contributed by atoms with van der Waals surface area (Å²) in [5, 5.41) is 3.64. The molecule has 1 N–H and O–H groups in total. The van der Waals surface area contributed by atoms with Gasteiger partial charge in [0, 0.05) is 16.8 Å². The topological polar surface area (TPSA) is 55.1 Å². The highest BCUT2D eigenvalue weighted by molar-refractivity contribution is 6.42. The molecule has 4 nitrogen and oxygen atoms in total. The minimum absolute atomic E-state index is 0.258. The Morgan fingerprint density at radius 1 is 0.964 bits per heavy atom. The van der Waals surface area contributed by atoms with E-state index in [1.807, 2.05) is 50.2 Å². The van der Waals surface area contributed by atoms with E-state index >= 15 is 0 Å². The van der Waals surface area contributed by atoms with Crippen LogP contribution in [0.2, 0.25) is 10.0 Å². The number of hydrogen-bond donors (Lipinski definition) is 1. The fraction of sp³-hybridized carbons (Fsp3) is 0.0909. The number of carbonyl (C=O) groups excluding carboxylic acids is 1. The highest BCUT2D eigenvalue weighted by Crippen LogP contribution is 2.28. The zero-order valence-corrected chi connectivity index (χ0v) is 16.7. The van der Waals surface area contributed by atoms with Crippen molar-refractivity contribution in [1.82, 2.24) is 4.98 Å². The molecular weight excluding hydrogens is 395 g/mol. The first-order chi connectivity index (χ1) is 13.4. The van der Waals surface area contributed by atoms with Gasteiger partial charge in [-0.3, -0.25) is 4.79 Å². The number of hydrogen-bond acceptors (Lipinski definition) is 3. The number of halogens is 2. The Morgan fingerprint density at radius 3 is 2.54 bits per heavy atom. The second-order valence-corrected chi connectivity index (χ2v) is 7.42. The van der Waals surface area contributed by atoms with Gasteiger partial charge in [-0.1, -0.05) is 29.3 Å². The molecule has 0 aliphatic carbocycles. The van der Waals surface area contributed by atoms with Crippen LogP contribution in [0.25, 0.3) is 22.6 Å². The van der Waals surface area contributed by atoms with E-state index in [0.29, 0.717) is 27.2 Å². The lowest BCUT2D eigenvalue weighted by Crippen LogP contribution is -2.12. The van der Waals surface area contributed by atoms with Crippen molar-refractivity contribution in [2.75, 3.05) is 5.32 Å². The Morgan fingerprint density at radius 2 is 1.79 bits per heavy atom. The monoisotopic (exact) mass is 410 g/mol. The number of amides is 1. The highest BCUT2D eigenvalue weighted by Gasteiger charge is 2.13. The number of fused-ring (bicyclic) bond motifs is 1. The Hall–Kier alpha value is -2.82. The number of anilines is 1. The fourth-order valence-corrected chi connectivity index (χ4v) is 3.23. The molecule has 140 valence electrons. The molecule has 6 heteroatoms. The summed E-state index contributed by atoms with van der Waals surface area (Å²) in [5.74, 6) is 0.290. The summed E-state index contributed by atoms with van der Waals surface area (Å²) in [6.07, 6.45) is 0. The largest absolute Gasteiger partial charge is 0.436 e. The van der Waals surface area contributed by atoms with Crippen LogP contribution in [0.1, 0.15) is 21.5 Å². The normalized spacial score (nSPS) is 11.0. The van der Waals surface area contributed by atoms with Crippen LogP contribution in [0.5, 0.6) is 0 Å². The van der Waals surface area contributed by atoms with Crippen molar-refractivity contribution in [3.05, 3.63) is 81.3 Å². The molecule has 1 amide bonds. The summed E-state index contributed by atoms with van der Waals surface area (Å²) in [7, 11) is 0. The Bertz CT molecular complexity index is 1210. The van der Waals surface area contributed by atoms with E-state index in [4.69, 9.17) is 27.6 Å². The standard InChI is InChI=1S/C22H16Cl2N2O2/c1-12-3-8-20-19(9-12)26-22(28-20)15-5-7-18(13(2)10-15)25-21(27)14-4-6-16(23)17(24)11-14/h3-11H,1-2H3,(H,25,27). The molecule has 0 atom stereocenters. The Balaban J connectivity index is 1.60. The van der Waals surface area contributed by atoms with Crippen LogP contribution < -0.4 is 5.32 Å². The van der Waals surface area contributed by atoms with E-state index in [-0.39, 0.29) is 5.91 Å². The van der Waals surface area contributed by atoms with Gasteiger partial charge in [-0.05, 0) is 73.5 Å². The second-order valence-electron chi connectivity index (χ2n) is 6.60. The zero-order chi connectivity index (χ0) is 19.8. The zero-order valence-electron chi connectivity index (χ0n) is 15.2. The molecule has 1 heterocycles. The molecule has 0 saturated carbocycles. The van der Waals surface area contributed by atoms with Crippen LogP contribution in [-0.4, -0.2) is 10.9 Å². The summed E-state index contributed by atoms with van der Waals surface area (Å²) in [5.41, 5.74) is 5.58. The van der Waals surface area contributed by atoms with Gasteiger partial charge in [0.25, 0.3) is 5.91 Å². The number of carbonyl (C=O) groups is 1. The minimum Gasteiger partial charge on any atom is -0.436 e. The molecule has 28 heavy (non-hydrogen) atoms. The maximum atomic E-state index is 12.5. The third-order valence-electron chi connectivity index (χ3n) is 4.45. The lowest BCUT2D eigenvalue weighted by molar-refractivity contribution is 0.102. The molecule has 0 unspecified atom stereocenters. The van der Waals surface area contributed by atoms with Gasteiger partial charge in [0.1, 0.15) is 5.52 Å². The third kappa shape index (κ3) is 3.61. The Kier molecular flexibility index (Phi) is 4.84. The van der Waals surface area contributed by atoms with E-state index in [9.17, 15) is 4.79 Å². The predicted octanol–water partition coefficient (Wildman–Crippen LogP) is 6.67. The summed E-state index contributed by atoms with van der Waals surface area (Å²) in [4.78, 5) is 17.1. The summed E-state index contributed by atoms with van der Waals surface area (Å²) < 4.78 is 5.85. The van der Waals surface area contributed by atoms with E-state index in [2.05, 4.69) is 10.3 Å². The quantitative estimate of drug-likeness (QED) is 0.410. The van der Waals surface area contributed by atoms with Gasteiger partial charge >= 0.3 is 0 Å². The lowest BCUT2D eigenvalue weighted by atomic mass is 10.1. The maximum absolute atomic E-state index is 12.5. The van der Waals surface area contributed by atoms with Crippen LogP contribution in [-0.2, 0) is 0 Å². The highest BCUT2D eigenvalue weighted by atomic mass is 35.5. The average molecular weight is 411 g/mol. The molecule has 4 rings (SSSR count). The van der Waals surface area contributed by atoms with Crippen LogP contribution in [0, 0.1) is 13.8 Å². The van der Waals surface area contributed by atoms with Crippen molar-refractivity contribution < 1.29 is 9.21 Å². The first-order valence-corrected chi connectivity index (χ1v) is 9.41. The van der Waals surface area contributed by atoms with Crippen molar-refractivity contribution in [3.63, 3.8) is 0 Å². The summed E-state index contributed by atoms with van der Waals surface area (Å²) in [6.45, 7) is 3.93. The molecule has 0 aliphatic heterocycles. The molecule has 0 saturated heterocycles. The number of nitrogens with zero attached hydrogens (tertiary/aromatic N) is 1. The van der Waals surface area contributed by atoms with E-state index < -0.39 is 0 Å². The molecular formula is C22H16Cl2N2O2. The van der Waals surface area contributed by atoms with Crippen LogP contribution in [0.15, 0.2) is 59.0 Å². The van der Waals surface area contributed by atoms with Gasteiger partial charge in [-0.15, -0.1) is 0 Å². The SMILES string of the molecule is Cc1ccc2oc(-c3ccc(NC(=O)c4ccc(Cl)c(Cl)c4)c(C)c3)nc2c1. The van der Waals surface area contributed by atoms with Gasteiger partial charge in [0.15, 0.2) is 5.58 Å². The van der Waals surface area contributed by atoms with E-state index in [1.165, 1.54) is 0 Å². The lowest BCUT2D eigenvalue weighted by Gasteiger charge is -2.10. The molecule has 0 fully saturated rings. The van der Waals surface area contributed by atoms with Crippen LogP contribution in [0.3, 0.4) is 0 Å². The van der Waals surface area contributed by atoms with Crippen molar-refractivity contribution in [2.24, 2.45) is 0 Å². The van der Waals surface area contributed by atoms with Crippen LogP contribution in [0.4, 0.5) is 5.69 Å². The smallest absolute Gasteiger partial charge is 0.255 e. The molecule has 3 aromatic carbocycles. The number of benzene rings is 3. The number of aromatic nitrogens is 1. The summed E-state index contributed by atoms with van der Waals surface area (Å²) >= 11 is 11.9. The van der Waals surface area contributed by atoms with E-state index in [1.54, 1.807) is 18.2 Å². The van der Waals surface area contributed by atoms with Gasteiger partial charge in [-0.25, -0.2) is 4.98 Å². The first-order valence-electron chi connectivity index (χ1n) is 8.65. The van der Waals surface area contributed by atoms with Gasteiger partial charge < -0.3 is 9.73 Å². The van der Waals surface area contributed by atoms with Crippen molar-refractivity contribution in [2.45, 2.75) is 13.8 Å². The Labute approximate surface area is 172 Å². The minimum atomic E-state index is -0.258. The summed E-state index contributed by atoms with van der Waals surface area (Å²) in [6, 6.07) is 16.3. The molecule has 4 aromatic rings. The van der Waals surface area contributed by atoms with Gasteiger partial charge in [-0.2, -0.15) is 0 Å². The number of rotatable bonds is 3. The number of oxazole rings is 1. The number of nitrogens with one attached hydrogen (secondary N) is 1. The fourth-order valence-electron chi connectivity index (χ4n) is 2.93. The van der Waals surface area contributed by atoms with Gasteiger partial charge in [0.05, 0.1) is 10.0 Å². The molecule has 0 bridgehead atoms. The second kappa shape index (κ2) is 7.30. The van der Waals surface area contributed by atoms with Crippen LogP contribution >= 0.6 is 23.2 Å². The van der Waals surface area contributed by atoms with Crippen molar-refractivity contribution in [1.29, 1.82) is 0 Å². The first kappa shape index (κ1) is 18.5. The molecule has 0 radical (unpaired) electrons. The number of aryl methyl sites for hydroxylation is 2. The van der Waals surface area contributed by atoms with E-state index in [0.717, 1.165) is 27.8 Å². The third-order valence-corrected chi connectivity index (χ3v) is 5.19. The van der Waals surface area contributed by atoms with Crippen molar-refractivity contribution >= 4 is 45.9 Å². The molecule has 0 spiro atoms. The molecule has 1 aromatic heterocycles. The molecule has 0 aliphatic rings. The average Bonchev–Trinajstić information content (AvgIpc) is 3.08. The van der Waals surface area contributed by atoms with Gasteiger partial charge in [0.2, 0.25) is 5.89 Å².